The maximum absolute atomic E-state index is 11.5. The monoisotopic (exact) mass is 274 g/mol. The maximum atomic E-state index is 11.5. The first-order valence-electron chi connectivity index (χ1n) is 4.76. The average Bonchev–Trinajstić information content (AvgIpc) is 2.50. The summed E-state index contributed by atoms with van der Waals surface area (Å²) in [6, 6.07) is 1.81. The van der Waals surface area contributed by atoms with Crippen molar-refractivity contribution in [3.8, 4) is 0 Å². The Kier molecular flexibility index (Phi) is 3.90. The number of nitrogens with zero attached hydrogens (tertiary/aromatic N) is 2. The van der Waals surface area contributed by atoms with Gasteiger partial charge < -0.3 is 4.74 Å². The molecule has 0 N–H and O–H groups in total. The van der Waals surface area contributed by atoms with Crippen molar-refractivity contribution in [3.63, 3.8) is 0 Å². The molecule has 0 amide bonds. The Labute approximate surface area is 97.7 Å². The SMILES string of the molecule is CC(C)(C)OC(=O)n1ccc(CCBr)n1. The molecule has 1 heterocycles. The molecule has 0 saturated heterocycles. The molecule has 1 aromatic heterocycles. The van der Waals surface area contributed by atoms with Crippen molar-refractivity contribution < 1.29 is 9.53 Å². The standard InChI is InChI=1S/C10H15BrN2O2/c1-10(2,3)15-9(14)13-7-5-8(12-13)4-6-11/h5,7H,4,6H2,1-3H3. The van der Waals surface area contributed by atoms with Gasteiger partial charge >= 0.3 is 6.09 Å². The van der Waals surface area contributed by atoms with Gasteiger partial charge in [0.2, 0.25) is 0 Å². The number of halogens is 1. The van der Waals surface area contributed by atoms with Gasteiger partial charge in [0, 0.05) is 17.9 Å². The number of ether oxygens (including phenoxy) is 1. The fraction of sp³-hybridized carbons (Fsp3) is 0.600. The molecule has 4 nitrogen and oxygen atoms in total. The van der Waals surface area contributed by atoms with Crippen LogP contribution in [0, 0.1) is 0 Å². The first-order valence-corrected chi connectivity index (χ1v) is 5.88. The van der Waals surface area contributed by atoms with Gasteiger partial charge in [0.05, 0.1) is 5.69 Å². The Morgan fingerprint density at radius 3 is 2.80 bits per heavy atom. The number of hydrogen-bond acceptors (Lipinski definition) is 3. The molecule has 0 aliphatic carbocycles. The molecule has 0 saturated carbocycles. The summed E-state index contributed by atoms with van der Waals surface area (Å²) in [5.41, 5.74) is 0.385. The number of alkyl halides is 1. The normalized spacial score (nSPS) is 11.5. The van der Waals surface area contributed by atoms with Gasteiger partial charge in [-0.1, -0.05) is 15.9 Å². The topological polar surface area (TPSA) is 44.1 Å². The molecule has 0 fully saturated rings. The van der Waals surface area contributed by atoms with Crippen molar-refractivity contribution in [1.29, 1.82) is 0 Å². The Morgan fingerprint density at radius 1 is 1.60 bits per heavy atom. The number of rotatable bonds is 2. The van der Waals surface area contributed by atoms with E-state index < -0.39 is 11.7 Å². The molecule has 15 heavy (non-hydrogen) atoms. The largest absolute Gasteiger partial charge is 0.442 e. The van der Waals surface area contributed by atoms with Crippen LogP contribution >= 0.6 is 15.9 Å². The number of carbonyl (C=O) groups is 1. The summed E-state index contributed by atoms with van der Waals surface area (Å²) in [6.07, 6.45) is 1.98. The molecule has 1 rings (SSSR count). The summed E-state index contributed by atoms with van der Waals surface area (Å²) in [4.78, 5) is 11.5. The molecule has 0 aromatic carbocycles. The van der Waals surface area contributed by atoms with E-state index in [1.807, 2.05) is 26.8 Å². The van der Waals surface area contributed by atoms with Crippen molar-refractivity contribution in [2.75, 3.05) is 5.33 Å². The molecule has 0 aliphatic heterocycles. The minimum Gasteiger partial charge on any atom is -0.442 e. The third kappa shape index (κ3) is 4.03. The van der Waals surface area contributed by atoms with Crippen LogP contribution < -0.4 is 0 Å². The highest BCUT2D eigenvalue weighted by Crippen LogP contribution is 2.09. The fourth-order valence-electron chi connectivity index (χ4n) is 1.00. The van der Waals surface area contributed by atoms with E-state index in [1.54, 1.807) is 6.20 Å². The Hall–Kier alpha value is -0.840. The van der Waals surface area contributed by atoms with Crippen LogP contribution in [-0.2, 0) is 11.2 Å². The van der Waals surface area contributed by atoms with Gasteiger partial charge in [0.25, 0.3) is 0 Å². The van der Waals surface area contributed by atoms with Crippen LogP contribution in [0.1, 0.15) is 26.5 Å². The molecular formula is C10H15BrN2O2. The van der Waals surface area contributed by atoms with Gasteiger partial charge in [0.15, 0.2) is 0 Å². The zero-order valence-corrected chi connectivity index (χ0v) is 10.7. The molecule has 0 atom stereocenters. The quantitative estimate of drug-likeness (QED) is 0.779. The van der Waals surface area contributed by atoms with Gasteiger partial charge in [-0.15, -0.1) is 0 Å². The predicted octanol–water partition coefficient (Wildman–Crippen LogP) is 2.60. The second-order valence-corrected chi connectivity index (χ2v) is 4.96. The molecule has 0 aliphatic rings. The van der Waals surface area contributed by atoms with E-state index in [0.29, 0.717) is 0 Å². The van der Waals surface area contributed by atoms with E-state index in [0.717, 1.165) is 17.4 Å². The minimum atomic E-state index is -0.487. The highest BCUT2D eigenvalue weighted by Gasteiger charge is 2.18. The lowest BCUT2D eigenvalue weighted by molar-refractivity contribution is 0.0514. The van der Waals surface area contributed by atoms with E-state index in [2.05, 4.69) is 21.0 Å². The first kappa shape index (κ1) is 12.2. The number of aryl methyl sites for hydroxylation is 1. The minimum absolute atomic E-state index is 0.441. The van der Waals surface area contributed by atoms with Crippen molar-refractivity contribution in [2.24, 2.45) is 0 Å². The summed E-state index contributed by atoms with van der Waals surface area (Å²) >= 11 is 3.32. The molecular weight excluding hydrogens is 260 g/mol. The lowest BCUT2D eigenvalue weighted by Gasteiger charge is -2.18. The van der Waals surface area contributed by atoms with Crippen molar-refractivity contribution in [1.82, 2.24) is 9.78 Å². The van der Waals surface area contributed by atoms with Crippen LogP contribution in [0.5, 0.6) is 0 Å². The molecule has 84 valence electrons. The molecule has 5 heteroatoms. The van der Waals surface area contributed by atoms with Gasteiger partial charge in [-0.3, -0.25) is 0 Å². The van der Waals surface area contributed by atoms with Crippen LogP contribution in [0.4, 0.5) is 4.79 Å². The molecule has 0 radical (unpaired) electrons. The first-order chi connectivity index (χ1) is 6.92. The van der Waals surface area contributed by atoms with Crippen LogP contribution in [0.3, 0.4) is 0 Å². The van der Waals surface area contributed by atoms with Crippen LogP contribution in [0.2, 0.25) is 0 Å². The summed E-state index contributed by atoms with van der Waals surface area (Å²) in [5.74, 6) is 0. The summed E-state index contributed by atoms with van der Waals surface area (Å²) in [7, 11) is 0. The summed E-state index contributed by atoms with van der Waals surface area (Å²) in [5, 5.41) is 4.93. The van der Waals surface area contributed by atoms with E-state index in [9.17, 15) is 4.79 Å². The number of carbonyl (C=O) groups excluding carboxylic acids is 1. The number of aromatic nitrogens is 2. The summed E-state index contributed by atoms with van der Waals surface area (Å²) in [6.45, 7) is 5.48. The molecule has 1 aromatic rings. The number of hydrogen-bond donors (Lipinski definition) is 0. The predicted molar refractivity (Wildman–Crippen MR) is 61.4 cm³/mol. The van der Waals surface area contributed by atoms with Crippen molar-refractivity contribution >= 4 is 22.0 Å². The fourth-order valence-corrected chi connectivity index (χ4v) is 1.41. The van der Waals surface area contributed by atoms with Crippen molar-refractivity contribution in [3.05, 3.63) is 18.0 Å². The average molecular weight is 275 g/mol. The lowest BCUT2D eigenvalue weighted by Crippen LogP contribution is -2.27. The van der Waals surface area contributed by atoms with E-state index in [4.69, 9.17) is 4.74 Å². The van der Waals surface area contributed by atoms with E-state index >= 15 is 0 Å². The third-order valence-corrected chi connectivity index (χ3v) is 1.97. The zero-order chi connectivity index (χ0) is 11.5. The third-order valence-electron chi connectivity index (χ3n) is 1.58. The van der Waals surface area contributed by atoms with Crippen molar-refractivity contribution in [2.45, 2.75) is 32.8 Å². The Balaban J connectivity index is 2.66. The highest BCUT2D eigenvalue weighted by atomic mass is 79.9. The van der Waals surface area contributed by atoms with E-state index in [1.165, 1.54) is 4.68 Å². The second-order valence-electron chi connectivity index (χ2n) is 4.17. The molecule has 0 unspecified atom stereocenters. The Morgan fingerprint density at radius 2 is 2.27 bits per heavy atom. The van der Waals surface area contributed by atoms with Crippen LogP contribution in [0.25, 0.3) is 0 Å². The van der Waals surface area contributed by atoms with Gasteiger partial charge in [-0.2, -0.15) is 9.78 Å². The highest BCUT2D eigenvalue weighted by molar-refractivity contribution is 9.09. The maximum Gasteiger partial charge on any atom is 0.435 e. The lowest BCUT2D eigenvalue weighted by atomic mass is 10.2. The van der Waals surface area contributed by atoms with Gasteiger partial charge in [0.1, 0.15) is 5.60 Å². The van der Waals surface area contributed by atoms with Gasteiger partial charge in [-0.05, 0) is 26.8 Å². The molecule has 0 bridgehead atoms. The zero-order valence-electron chi connectivity index (χ0n) is 9.16. The summed E-state index contributed by atoms with van der Waals surface area (Å²) < 4.78 is 6.39. The Bertz CT molecular complexity index is 341. The van der Waals surface area contributed by atoms with Crippen LogP contribution in [0.15, 0.2) is 12.3 Å². The van der Waals surface area contributed by atoms with E-state index in [-0.39, 0.29) is 0 Å². The van der Waals surface area contributed by atoms with Crippen LogP contribution in [-0.4, -0.2) is 26.8 Å². The smallest absolute Gasteiger partial charge is 0.435 e. The van der Waals surface area contributed by atoms with Gasteiger partial charge in [-0.25, -0.2) is 4.79 Å². The molecule has 0 spiro atoms. The second kappa shape index (κ2) is 4.79.